The zero-order valence-corrected chi connectivity index (χ0v) is 16.6. The molecule has 0 atom stereocenters. The molecule has 1 aromatic heterocycles. The molecule has 142 valence electrons. The Morgan fingerprint density at radius 2 is 1.67 bits per heavy atom. The van der Waals surface area contributed by atoms with Crippen LogP contribution in [0.25, 0.3) is 0 Å². The van der Waals surface area contributed by atoms with Crippen LogP contribution in [0, 0.1) is 23.6 Å². The highest BCUT2D eigenvalue weighted by molar-refractivity contribution is 9.10. The first-order valence-corrected chi connectivity index (χ1v) is 10.4. The Kier molecular flexibility index (Phi) is 4.04. The molecule has 0 aliphatic heterocycles. The molecule has 1 heterocycles. The van der Waals surface area contributed by atoms with Crippen LogP contribution in [0.3, 0.4) is 0 Å². The van der Waals surface area contributed by atoms with E-state index in [0.29, 0.717) is 27.5 Å². The number of anilines is 4. The van der Waals surface area contributed by atoms with Crippen LogP contribution in [0.1, 0.15) is 38.5 Å². The first-order valence-electron chi connectivity index (χ1n) is 9.60. The van der Waals surface area contributed by atoms with Crippen LogP contribution >= 0.6 is 15.9 Å². The van der Waals surface area contributed by atoms with E-state index in [0.717, 1.165) is 17.8 Å². The summed E-state index contributed by atoms with van der Waals surface area (Å²) in [5.74, 6) is 3.23. The van der Waals surface area contributed by atoms with Crippen molar-refractivity contribution in [2.75, 3.05) is 16.4 Å². The third kappa shape index (κ3) is 3.16. The lowest BCUT2D eigenvalue weighted by atomic mass is 9.53. The maximum atomic E-state index is 14.2. The number of halogens is 2. The molecule has 4 aliphatic rings. The first kappa shape index (κ1) is 17.2. The molecule has 0 unspecified atom stereocenters. The summed E-state index contributed by atoms with van der Waals surface area (Å²) in [6.07, 6.45) is 9.24. The number of benzene rings is 1. The van der Waals surface area contributed by atoms with Crippen molar-refractivity contribution in [1.29, 1.82) is 0 Å². The Morgan fingerprint density at radius 3 is 2.30 bits per heavy atom. The minimum atomic E-state index is -0.363. The lowest BCUT2D eigenvalue weighted by Gasteiger charge is -2.57. The van der Waals surface area contributed by atoms with Gasteiger partial charge in [-0.05, 0) is 74.5 Å². The van der Waals surface area contributed by atoms with E-state index in [1.54, 1.807) is 12.1 Å². The predicted molar refractivity (Wildman–Crippen MR) is 108 cm³/mol. The SMILES string of the molecule is Nc1c(Nc2ccc(Br)cc2F)ncnc1NC12CC3CC(CC(C3)C1)C2. The van der Waals surface area contributed by atoms with Crippen LogP contribution in [-0.4, -0.2) is 15.5 Å². The van der Waals surface area contributed by atoms with E-state index < -0.39 is 0 Å². The molecule has 4 aliphatic carbocycles. The Labute approximate surface area is 166 Å². The molecular formula is C20H23BrFN5. The zero-order chi connectivity index (χ0) is 18.6. The highest BCUT2D eigenvalue weighted by Crippen LogP contribution is 2.56. The highest BCUT2D eigenvalue weighted by Gasteiger charge is 2.51. The summed E-state index contributed by atoms with van der Waals surface area (Å²) < 4.78 is 14.8. The Morgan fingerprint density at radius 1 is 1.04 bits per heavy atom. The Hall–Kier alpha value is -1.89. The maximum absolute atomic E-state index is 14.2. The fourth-order valence-electron chi connectivity index (χ4n) is 5.83. The van der Waals surface area contributed by atoms with Crippen molar-refractivity contribution in [3.63, 3.8) is 0 Å². The summed E-state index contributed by atoms with van der Waals surface area (Å²) >= 11 is 3.27. The average molecular weight is 432 g/mol. The smallest absolute Gasteiger partial charge is 0.159 e. The van der Waals surface area contributed by atoms with Crippen LogP contribution in [0.5, 0.6) is 0 Å². The largest absolute Gasteiger partial charge is 0.393 e. The number of hydrogen-bond acceptors (Lipinski definition) is 5. The molecule has 4 N–H and O–H groups in total. The van der Waals surface area contributed by atoms with Crippen molar-refractivity contribution in [2.45, 2.75) is 44.1 Å². The molecular weight excluding hydrogens is 409 g/mol. The van der Waals surface area contributed by atoms with Crippen molar-refractivity contribution in [1.82, 2.24) is 9.97 Å². The minimum Gasteiger partial charge on any atom is -0.393 e. The second kappa shape index (κ2) is 6.33. The van der Waals surface area contributed by atoms with Gasteiger partial charge in [0.15, 0.2) is 11.6 Å². The van der Waals surface area contributed by atoms with E-state index in [2.05, 4.69) is 36.5 Å². The Bertz CT molecular complexity index is 851. The van der Waals surface area contributed by atoms with E-state index in [1.165, 1.54) is 50.9 Å². The second-order valence-electron chi connectivity index (χ2n) is 8.56. The minimum absolute atomic E-state index is 0.108. The van der Waals surface area contributed by atoms with Crippen LogP contribution in [0.2, 0.25) is 0 Å². The Balaban J connectivity index is 1.40. The molecule has 1 aromatic carbocycles. The number of hydrogen-bond donors (Lipinski definition) is 3. The molecule has 6 rings (SSSR count). The van der Waals surface area contributed by atoms with Gasteiger partial charge in [0, 0.05) is 10.0 Å². The van der Waals surface area contributed by atoms with Gasteiger partial charge in [-0.15, -0.1) is 0 Å². The number of rotatable bonds is 4. The van der Waals surface area contributed by atoms with E-state index in [4.69, 9.17) is 5.73 Å². The summed E-state index contributed by atoms with van der Waals surface area (Å²) in [6, 6.07) is 4.85. The molecule has 4 fully saturated rings. The van der Waals surface area contributed by atoms with Crippen molar-refractivity contribution >= 4 is 38.9 Å². The van der Waals surface area contributed by atoms with E-state index >= 15 is 0 Å². The normalized spacial score (nSPS) is 31.1. The lowest BCUT2D eigenvalue weighted by Crippen LogP contribution is -2.55. The first-order chi connectivity index (χ1) is 13.0. The van der Waals surface area contributed by atoms with Crippen molar-refractivity contribution in [3.05, 3.63) is 34.8 Å². The van der Waals surface area contributed by atoms with Crippen molar-refractivity contribution in [3.8, 4) is 0 Å². The number of nitrogens with one attached hydrogen (secondary N) is 2. The monoisotopic (exact) mass is 431 g/mol. The number of aromatic nitrogens is 2. The molecule has 0 saturated heterocycles. The van der Waals surface area contributed by atoms with Gasteiger partial charge in [-0.3, -0.25) is 0 Å². The molecule has 4 saturated carbocycles. The van der Waals surface area contributed by atoms with Gasteiger partial charge in [0.1, 0.15) is 17.8 Å². The van der Waals surface area contributed by atoms with Crippen LogP contribution in [-0.2, 0) is 0 Å². The van der Waals surface area contributed by atoms with Gasteiger partial charge in [-0.2, -0.15) is 0 Å². The molecule has 0 radical (unpaired) electrons. The average Bonchev–Trinajstić information content (AvgIpc) is 2.59. The van der Waals surface area contributed by atoms with E-state index in [-0.39, 0.29) is 11.4 Å². The standard InChI is InChI=1S/C20H23BrFN5/c21-14-1-2-16(15(22)6-14)26-18-17(23)19(25-10-24-18)27-20-7-11-3-12(8-20)5-13(4-11)9-20/h1-2,6,10-13H,3-5,7-9,23H2,(H2,24,25,26,27). The molecule has 0 amide bonds. The number of nitrogens with two attached hydrogens (primary N) is 1. The van der Waals surface area contributed by atoms with E-state index in [1.807, 2.05) is 0 Å². The summed E-state index contributed by atoms with van der Waals surface area (Å²) in [6.45, 7) is 0. The van der Waals surface area contributed by atoms with Crippen LogP contribution < -0.4 is 16.4 Å². The van der Waals surface area contributed by atoms with Crippen LogP contribution in [0.15, 0.2) is 29.0 Å². The molecule has 27 heavy (non-hydrogen) atoms. The van der Waals surface area contributed by atoms with Gasteiger partial charge in [-0.25, -0.2) is 14.4 Å². The molecule has 4 bridgehead atoms. The third-order valence-corrected chi connectivity index (χ3v) is 6.98. The van der Waals surface area contributed by atoms with Crippen molar-refractivity contribution in [2.24, 2.45) is 17.8 Å². The topological polar surface area (TPSA) is 75.9 Å². The molecule has 5 nitrogen and oxygen atoms in total. The van der Waals surface area contributed by atoms with E-state index in [9.17, 15) is 4.39 Å². The fraction of sp³-hybridized carbons (Fsp3) is 0.500. The van der Waals surface area contributed by atoms with Gasteiger partial charge in [-0.1, -0.05) is 15.9 Å². The second-order valence-corrected chi connectivity index (χ2v) is 9.47. The van der Waals surface area contributed by atoms with Gasteiger partial charge < -0.3 is 16.4 Å². The van der Waals surface area contributed by atoms with Gasteiger partial charge in [0.05, 0.1) is 5.69 Å². The molecule has 2 aromatic rings. The number of nitrogens with zero attached hydrogens (tertiary/aromatic N) is 2. The fourth-order valence-corrected chi connectivity index (χ4v) is 6.16. The summed E-state index contributed by atoms with van der Waals surface area (Å²) in [4.78, 5) is 8.63. The molecule has 7 heteroatoms. The molecule has 0 spiro atoms. The third-order valence-electron chi connectivity index (χ3n) is 6.49. The summed E-state index contributed by atoms with van der Waals surface area (Å²) in [5.41, 5.74) is 7.24. The van der Waals surface area contributed by atoms with Gasteiger partial charge >= 0.3 is 0 Å². The van der Waals surface area contributed by atoms with Crippen molar-refractivity contribution < 1.29 is 4.39 Å². The summed E-state index contributed by atoms with van der Waals surface area (Å²) in [7, 11) is 0. The van der Waals surface area contributed by atoms with Gasteiger partial charge in [0.2, 0.25) is 0 Å². The zero-order valence-electron chi connectivity index (χ0n) is 15.0. The quantitative estimate of drug-likeness (QED) is 0.628. The van der Waals surface area contributed by atoms with Crippen LogP contribution in [0.4, 0.5) is 27.4 Å². The predicted octanol–water partition coefficient (Wildman–Crippen LogP) is 5.08. The maximum Gasteiger partial charge on any atom is 0.159 e. The highest BCUT2D eigenvalue weighted by atomic mass is 79.9. The number of nitrogen functional groups attached to an aromatic ring is 1. The van der Waals surface area contributed by atoms with Gasteiger partial charge in [0.25, 0.3) is 0 Å². The lowest BCUT2D eigenvalue weighted by molar-refractivity contribution is 0.0106. The summed E-state index contributed by atoms with van der Waals surface area (Å²) in [5, 5.41) is 6.69.